The van der Waals surface area contributed by atoms with Crippen molar-refractivity contribution in [2.24, 2.45) is 0 Å². The Kier molecular flexibility index (Phi) is 7.79. The van der Waals surface area contributed by atoms with Crippen LogP contribution in [0.25, 0.3) is 11.1 Å². The molecule has 4 bridgehead atoms. The smallest absolute Gasteiger partial charge is 0.369 e. The lowest BCUT2D eigenvalue weighted by molar-refractivity contribution is -0.137. The lowest BCUT2D eigenvalue weighted by Crippen LogP contribution is -2.19. The summed E-state index contributed by atoms with van der Waals surface area (Å²) in [6.45, 7) is 0.548. The van der Waals surface area contributed by atoms with Crippen LogP contribution in [0.1, 0.15) is 18.4 Å². The second-order valence-corrected chi connectivity index (χ2v) is 11.6. The van der Waals surface area contributed by atoms with Gasteiger partial charge in [-0.2, -0.15) is 18.2 Å². The first-order valence-corrected chi connectivity index (χ1v) is 14.4. The molecule has 0 aliphatic carbocycles. The summed E-state index contributed by atoms with van der Waals surface area (Å²) in [4.78, 5) is 21.9. The molecule has 1 aliphatic heterocycles. The largest absolute Gasteiger partial charge is 0.416 e. The molecule has 9 nitrogen and oxygen atoms in total. The molecule has 1 atom stereocenters. The van der Waals surface area contributed by atoms with Crippen molar-refractivity contribution in [3.8, 4) is 11.1 Å². The molecule has 1 aromatic heterocycles. The Balaban J connectivity index is 1.32. The molecule has 1 unspecified atom stereocenters. The molecular weight excluding hydrogens is 555 g/mol. The maximum atomic E-state index is 12.9. The van der Waals surface area contributed by atoms with E-state index in [1.807, 2.05) is 0 Å². The average Bonchev–Trinajstić information content (AvgIpc) is 2.93. The van der Waals surface area contributed by atoms with Gasteiger partial charge in [0.1, 0.15) is 5.82 Å². The summed E-state index contributed by atoms with van der Waals surface area (Å²) >= 11 is 0. The number of hydrogen-bond acceptors (Lipinski definition) is 7. The Morgan fingerprint density at radius 3 is 2.49 bits per heavy atom. The third-order valence-electron chi connectivity index (χ3n) is 6.31. The fraction of sp³-hybridized carbons (Fsp3) is 0.179. The Bertz CT molecular complexity index is 1680. The van der Waals surface area contributed by atoms with Crippen LogP contribution in [0.3, 0.4) is 0 Å². The molecular formula is C28H26F3N7O2S. The van der Waals surface area contributed by atoms with Crippen LogP contribution in [-0.2, 0) is 15.9 Å². The number of carbonyl (C=O) groups excluding carboxylic acids is 1. The average molecular weight is 582 g/mol. The summed E-state index contributed by atoms with van der Waals surface area (Å²) in [7, 11) is -2.91. The lowest BCUT2D eigenvalue weighted by atomic mass is 10.1. The predicted molar refractivity (Wildman–Crippen MR) is 153 cm³/mol. The van der Waals surface area contributed by atoms with E-state index < -0.39 is 27.5 Å². The zero-order chi connectivity index (χ0) is 29.0. The number of hydrogen-bond donors (Lipinski definition) is 5. The molecule has 13 heteroatoms. The number of aromatic nitrogens is 2. The highest BCUT2D eigenvalue weighted by atomic mass is 32.2. The lowest BCUT2D eigenvalue weighted by Gasteiger charge is -2.14. The Hall–Kier alpha value is -4.65. The standard InChI is InChI=1S/C28H26F3N7O2S/c29-28(30,31)19-5-3-6-21(15-19)37-27(39)36-20-11-9-18(10-12-20)24-17-34-26-35-22-7-4-8-23(16-22)41(32,40)14-2-1-13-33-25(24)38-26/h3-12,15-17,32H,1-2,13-14H2,(H2,36,37,39)(H2,33,34,35,38). The van der Waals surface area contributed by atoms with Gasteiger partial charge in [0, 0.05) is 46.0 Å². The van der Waals surface area contributed by atoms with E-state index in [0.29, 0.717) is 53.0 Å². The van der Waals surface area contributed by atoms with Gasteiger partial charge in [-0.05, 0) is 66.9 Å². The van der Waals surface area contributed by atoms with Crippen molar-refractivity contribution in [2.45, 2.75) is 23.9 Å². The van der Waals surface area contributed by atoms with E-state index >= 15 is 0 Å². The first kappa shape index (κ1) is 27.9. The molecule has 41 heavy (non-hydrogen) atoms. The second-order valence-electron chi connectivity index (χ2n) is 9.36. The third kappa shape index (κ3) is 6.92. The van der Waals surface area contributed by atoms with Crippen molar-refractivity contribution in [3.63, 3.8) is 0 Å². The quantitative estimate of drug-likeness (QED) is 0.174. The normalized spacial score (nSPS) is 17.0. The zero-order valence-electron chi connectivity index (χ0n) is 21.6. The minimum absolute atomic E-state index is 0.0164. The van der Waals surface area contributed by atoms with Gasteiger partial charge in [-0.15, -0.1) is 0 Å². The van der Waals surface area contributed by atoms with Crippen LogP contribution in [0, 0.1) is 4.78 Å². The van der Waals surface area contributed by atoms with Gasteiger partial charge < -0.3 is 21.3 Å². The van der Waals surface area contributed by atoms with Crippen molar-refractivity contribution < 1.29 is 22.2 Å². The van der Waals surface area contributed by atoms with E-state index in [9.17, 15) is 22.2 Å². The summed E-state index contributed by atoms with van der Waals surface area (Å²) in [6, 6.07) is 17.5. The van der Waals surface area contributed by atoms with E-state index in [0.717, 1.165) is 17.7 Å². The van der Waals surface area contributed by atoms with Crippen molar-refractivity contribution in [1.82, 2.24) is 9.97 Å². The topological polar surface area (TPSA) is 132 Å². The number of benzene rings is 3. The fourth-order valence-corrected chi connectivity index (χ4v) is 5.71. The number of alkyl halides is 3. The summed E-state index contributed by atoms with van der Waals surface area (Å²) in [5.74, 6) is 1.16. The van der Waals surface area contributed by atoms with Crippen molar-refractivity contribution in [2.75, 3.05) is 33.6 Å². The van der Waals surface area contributed by atoms with E-state index in [1.165, 1.54) is 12.1 Å². The minimum atomic E-state index is -4.51. The van der Waals surface area contributed by atoms with Gasteiger partial charge in [-0.3, -0.25) is 0 Å². The summed E-state index contributed by atoms with van der Waals surface area (Å²) in [5, 5.41) is 11.4. The number of rotatable bonds is 3. The summed E-state index contributed by atoms with van der Waals surface area (Å²) in [6.07, 6.45) is -1.56. The Morgan fingerprint density at radius 2 is 1.71 bits per heavy atom. The number of nitrogens with one attached hydrogen (secondary N) is 5. The van der Waals surface area contributed by atoms with E-state index in [2.05, 4.69) is 31.2 Å². The predicted octanol–water partition coefficient (Wildman–Crippen LogP) is 7.16. The van der Waals surface area contributed by atoms with Crippen molar-refractivity contribution in [3.05, 3.63) is 84.6 Å². The molecule has 212 valence electrons. The summed E-state index contributed by atoms with van der Waals surface area (Å²) in [5.41, 5.74) is 1.70. The summed E-state index contributed by atoms with van der Waals surface area (Å²) < 4.78 is 60.1. The van der Waals surface area contributed by atoms with Gasteiger partial charge in [0.15, 0.2) is 0 Å². The van der Waals surface area contributed by atoms with Crippen molar-refractivity contribution in [1.29, 1.82) is 4.78 Å². The second kappa shape index (κ2) is 11.5. The van der Waals surface area contributed by atoms with Gasteiger partial charge in [-0.1, -0.05) is 24.3 Å². The van der Waals surface area contributed by atoms with Gasteiger partial charge in [0.05, 0.1) is 15.3 Å². The molecule has 5 N–H and O–H groups in total. The number of halogens is 3. The Morgan fingerprint density at radius 1 is 0.951 bits per heavy atom. The molecule has 0 saturated carbocycles. The maximum absolute atomic E-state index is 12.9. The number of anilines is 5. The highest BCUT2D eigenvalue weighted by molar-refractivity contribution is 7.92. The van der Waals surface area contributed by atoms with Crippen LogP contribution in [0.5, 0.6) is 0 Å². The van der Waals surface area contributed by atoms with Gasteiger partial charge in [0.25, 0.3) is 0 Å². The highest BCUT2D eigenvalue weighted by Crippen LogP contribution is 2.31. The molecule has 5 rings (SSSR count). The van der Waals surface area contributed by atoms with Crippen LogP contribution in [0.4, 0.5) is 46.8 Å². The Labute approximate surface area is 234 Å². The molecule has 3 aromatic carbocycles. The zero-order valence-corrected chi connectivity index (χ0v) is 22.4. The molecule has 1 aliphatic rings. The molecule has 0 radical (unpaired) electrons. The maximum Gasteiger partial charge on any atom is 0.416 e. The van der Waals surface area contributed by atoms with Crippen LogP contribution < -0.4 is 21.3 Å². The molecule has 0 fully saturated rings. The molecule has 0 spiro atoms. The van der Waals surface area contributed by atoms with Crippen LogP contribution in [0.2, 0.25) is 0 Å². The monoisotopic (exact) mass is 581 g/mol. The fourth-order valence-electron chi connectivity index (χ4n) is 4.25. The molecule has 0 saturated heterocycles. The highest BCUT2D eigenvalue weighted by Gasteiger charge is 2.30. The van der Waals surface area contributed by atoms with Crippen LogP contribution in [-0.4, -0.2) is 32.5 Å². The van der Waals surface area contributed by atoms with Gasteiger partial charge in [0.2, 0.25) is 5.95 Å². The number of carbonyl (C=O) groups is 1. The molecule has 4 aromatic rings. The molecule has 2 amide bonds. The van der Waals surface area contributed by atoms with E-state index in [1.54, 1.807) is 54.7 Å². The van der Waals surface area contributed by atoms with Crippen LogP contribution >= 0.6 is 0 Å². The number of nitrogens with zero attached hydrogens (tertiary/aromatic N) is 2. The SMILES string of the molecule is N=S1(=O)CCCCNc2nc(ncc2-c2ccc(NC(=O)Nc3cccc(C(F)(F)F)c3)cc2)Nc2cccc1c2. The number of fused-ring (bicyclic) bond motifs is 4. The van der Waals surface area contributed by atoms with Gasteiger partial charge >= 0.3 is 12.2 Å². The third-order valence-corrected chi connectivity index (χ3v) is 8.19. The number of urea groups is 1. The van der Waals surface area contributed by atoms with Gasteiger partial charge in [-0.25, -0.2) is 18.8 Å². The molecule has 2 heterocycles. The van der Waals surface area contributed by atoms with E-state index in [4.69, 9.17) is 4.78 Å². The van der Waals surface area contributed by atoms with Crippen LogP contribution in [0.15, 0.2) is 83.9 Å². The first-order chi connectivity index (χ1) is 19.6. The van der Waals surface area contributed by atoms with E-state index in [-0.39, 0.29) is 11.4 Å². The van der Waals surface area contributed by atoms with Crippen molar-refractivity contribution >= 4 is 44.6 Å². The minimum Gasteiger partial charge on any atom is -0.369 e. The first-order valence-electron chi connectivity index (χ1n) is 12.7. The number of amides is 2.